The van der Waals surface area contributed by atoms with Crippen LogP contribution in [0, 0.1) is 0 Å². The molecule has 6 nitrogen and oxygen atoms in total. The summed E-state index contributed by atoms with van der Waals surface area (Å²) < 4.78 is 24.9. The van der Waals surface area contributed by atoms with E-state index in [0.29, 0.717) is 26.4 Å². The lowest BCUT2D eigenvalue weighted by Crippen LogP contribution is -2.14. The van der Waals surface area contributed by atoms with Gasteiger partial charge in [0.05, 0.1) is 19.5 Å². The van der Waals surface area contributed by atoms with Crippen molar-refractivity contribution in [1.29, 1.82) is 0 Å². The largest absolute Gasteiger partial charge is 0.485 e. The number of hydrogen-bond donors (Lipinski definition) is 0. The Kier molecular flexibility index (Phi) is 11.2. The molecule has 0 radical (unpaired) electrons. The first-order valence-corrected chi connectivity index (χ1v) is 24.4. The van der Waals surface area contributed by atoms with E-state index in [-0.39, 0.29) is 0 Å². The average molecular weight is 921 g/mol. The van der Waals surface area contributed by atoms with Crippen LogP contribution in [-0.4, -0.2) is 26.4 Å². The maximum absolute atomic E-state index is 6.24. The number of fused-ring (bicyclic) bond motifs is 2. The molecule has 0 unspecified atom stereocenters. The van der Waals surface area contributed by atoms with Gasteiger partial charge in [-0.25, -0.2) is 0 Å². The van der Waals surface area contributed by atoms with Gasteiger partial charge in [-0.05, 0) is 106 Å². The van der Waals surface area contributed by atoms with Gasteiger partial charge >= 0.3 is 0 Å². The van der Waals surface area contributed by atoms with Gasteiger partial charge < -0.3 is 28.7 Å². The van der Waals surface area contributed by atoms with E-state index in [1.54, 1.807) is 22.7 Å². The van der Waals surface area contributed by atoms with Crippen molar-refractivity contribution in [3.05, 3.63) is 218 Å². The molecule has 330 valence electrons. The van der Waals surface area contributed by atoms with E-state index in [9.17, 15) is 0 Å². The minimum Gasteiger partial charge on any atom is -0.485 e. The first kappa shape index (κ1) is 41.4. The molecular formula is C60H44N2O4S2. The molecule has 0 aliphatic carbocycles. The van der Waals surface area contributed by atoms with Crippen molar-refractivity contribution in [2.24, 2.45) is 0 Å². The number of anilines is 6. The summed E-state index contributed by atoms with van der Waals surface area (Å²) in [5, 5.41) is 0. The highest BCUT2D eigenvalue weighted by molar-refractivity contribution is 7.20. The topological polar surface area (TPSA) is 43.4 Å². The number of nitrogens with zero attached hydrogens (tertiary/aromatic N) is 2. The summed E-state index contributed by atoms with van der Waals surface area (Å²) in [6.07, 6.45) is 0. The van der Waals surface area contributed by atoms with E-state index >= 15 is 0 Å². The lowest BCUT2D eigenvalue weighted by molar-refractivity contribution is 0.175. The Hall–Kier alpha value is -8.04. The second kappa shape index (κ2) is 18.3. The second-order valence-electron chi connectivity index (χ2n) is 16.5. The maximum Gasteiger partial charge on any atom is 0.180 e. The van der Waals surface area contributed by atoms with Gasteiger partial charge in [0.1, 0.15) is 26.4 Å². The first-order valence-electron chi connectivity index (χ1n) is 22.8. The van der Waals surface area contributed by atoms with E-state index < -0.39 is 0 Å². The van der Waals surface area contributed by atoms with Gasteiger partial charge in [-0.2, -0.15) is 0 Å². The zero-order valence-electron chi connectivity index (χ0n) is 37.0. The molecular weight excluding hydrogens is 877 g/mol. The molecule has 0 fully saturated rings. The van der Waals surface area contributed by atoms with Crippen molar-refractivity contribution in [3.8, 4) is 75.9 Å². The Labute approximate surface area is 404 Å². The SMILES string of the molecule is c1ccc(-c2sc(-c3ccc(N(c4ccccc4)c4ccc(-c5ccc(N(c6ccccc6)c6ccc(-c7sc(-c8ccccc8)c8c7OCCO8)cc6)cc5)cc4)cc3)c3c2OCCO3)cc1. The molecule has 0 spiro atoms. The number of thiophene rings is 2. The number of para-hydroxylation sites is 2. The monoisotopic (exact) mass is 920 g/mol. The molecule has 10 aromatic rings. The fourth-order valence-electron chi connectivity index (χ4n) is 9.02. The van der Waals surface area contributed by atoms with E-state index in [0.717, 1.165) is 110 Å². The zero-order valence-corrected chi connectivity index (χ0v) is 38.6. The summed E-state index contributed by atoms with van der Waals surface area (Å²) in [6.45, 7) is 2.16. The minimum atomic E-state index is 0.536. The van der Waals surface area contributed by atoms with E-state index in [1.807, 2.05) is 12.1 Å². The van der Waals surface area contributed by atoms with Crippen molar-refractivity contribution in [2.45, 2.75) is 0 Å². The first-order chi connectivity index (χ1) is 33.7. The molecule has 0 atom stereocenters. The normalized spacial score (nSPS) is 12.6. The lowest BCUT2D eigenvalue weighted by Gasteiger charge is -2.26. The molecule has 8 heteroatoms. The van der Waals surface area contributed by atoms with Crippen molar-refractivity contribution in [3.63, 3.8) is 0 Å². The Morgan fingerprint density at radius 1 is 0.235 bits per heavy atom. The number of hydrogen-bond acceptors (Lipinski definition) is 8. The summed E-state index contributed by atoms with van der Waals surface area (Å²) in [5.41, 5.74) is 13.1. The van der Waals surface area contributed by atoms with Gasteiger partial charge in [0, 0.05) is 34.1 Å². The molecule has 0 saturated heterocycles. The van der Waals surface area contributed by atoms with Crippen LogP contribution in [0.15, 0.2) is 218 Å². The van der Waals surface area contributed by atoms with Gasteiger partial charge in [-0.1, -0.05) is 146 Å². The van der Waals surface area contributed by atoms with Crippen LogP contribution in [0.1, 0.15) is 0 Å². The Balaban J connectivity index is 0.820. The summed E-state index contributed by atoms with van der Waals surface area (Å²) in [7, 11) is 0. The van der Waals surface area contributed by atoms with E-state index in [4.69, 9.17) is 18.9 Å². The zero-order chi connectivity index (χ0) is 45.2. The lowest BCUT2D eigenvalue weighted by atomic mass is 10.0. The van der Waals surface area contributed by atoms with E-state index in [2.05, 4.69) is 216 Å². The molecule has 4 heterocycles. The molecule has 0 bridgehead atoms. The standard InChI is InChI=1S/C60H44N2O4S2/c1-5-13-43(14-6-1)57-53-55(65-39-37-63-53)59(67-57)45-25-33-51(34-26-45)61(47-17-9-3-10-18-47)49-29-21-41(22-30-49)42-23-31-50(32-24-42)62(48-19-11-4-12-20-48)52-35-27-46(28-36-52)60-56-54(64-38-40-66-56)58(68-60)44-15-7-2-8-16-44/h1-36H,37-40H2. The molecule has 0 amide bonds. The molecule has 12 rings (SSSR count). The van der Waals surface area contributed by atoms with Crippen LogP contribution in [0.2, 0.25) is 0 Å². The average Bonchev–Trinajstić information content (AvgIpc) is 4.01. The van der Waals surface area contributed by atoms with Crippen LogP contribution in [0.25, 0.3) is 52.9 Å². The van der Waals surface area contributed by atoms with Gasteiger partial charge in [0.25, 0.3) is 0 Å². The third kappa shape index (κ3) is 7.93. The van der Waals surface area contributed by atoms with Crippen molar-refractivity contribution in [1.82, 2.24) is 0 Å². The Morgan fingerprint density at radius 2 is 0.456 bits per heavy atom. The molecule has 2 aliphatic rings. The quantitative estimate of drug-likeness (QED) is 0.129. The maximum atomic E-state index is 6.24. The van der Waals surface area contributed by atoms with Gasteiger partial charge in [-0.15, -0.1) is 22.7 Å². The fourth-order valence-corrected chi connectivity index (χ4v) is 11.4. The van der Waals surface area contributed by atoms with Crippen LogP contribution >= 0.6 is 22.7 Å². The van der Waals surface area contributed by atoms with Gasteiger partial charge in [0.2, 0.25) is 0 Å². The van der Waals surface area contributed by atoms with Crippen molar-refractivity contribution >= 4 is 56.8 Å². The predicted molar refractivity (Wildman–Crippen MR) is 281 cm³/mol. The van der Waals surface area contributed by atoms with Gasteiger partial charge in [-0.3, -0.25) is 0 Å². The van der Waals surface area contributed by atoms with Gasteiger partial charge in [0.15, 0.2) is 23.0 Å². The Morgan fingerprint density at radius 3 is 0.735 bits per heavy atom. The van der Waals surface area contributed by atoms with Crippen molar-refractivity contribution < 1.29 is 18.9 Å². The summed E-state index contributed by atoms with van der Waals surface area (Å²) in [6, 6.07) is 77.1. The molecule has 2 aliphatic heterocycles. The number of rotatable bonds is 11. The molecule has 68 heavy (non-hydrogen) atoms. The Bertz CT molecular complexity index is 3080. The number of benzene rings is 8. The third-order valence-electron chi connectivity index (χ3n) is 12.3. The summed E-state index contributed by atoms with van der Waals surface area (Å²) in [5.74, 6) is 3.33. The molecule has 0 N–H and O–H groups in total. The molecule has 2 aromatic heterocycles. The highest BCUT2D eigenvalue weighted by Gasteiger charge is 2.28. The second-order valence-corrected chi connectivity index (χ2v) is 18.5. The fraction of sp³-hybridized carbons (Fsp3) is 0.0667. The predicted octanol–water partition coefficient (Wildman–Crippen LogP) is 16.6. The molecule has 8 aromatic carbocycles. The summed E-state index contributed by atoms with van der Waals surface area (Å²) >= 11 is 3.44. The molecule has 0 saturated carbocycles. The van der Waals surface area contributed by atoms with Crippen LogP contribution in [-0.2, 0) is 0 Å². The minimum absolute atomic E-state index is 0.536. The van der Waals surface area contributed by atoms with Crippen LogP contribution in [0.4, 0.5) is 34.1 Å². The van der Waals surface area contributed by atoms with Crippen LogP contribution in [0.3, 0.4) is 0 Å². The highest BCUT2D eigenvalue weighted by Crippen LogP contribution is 2.55. The third-order valence-corrected chi connectivity index (χ3v) is 14.8. The number of ether oxygens (including phenoxy) is 4. The highest BCUT2D eigenvalue weighted by atomic mass is 32.1. The smallest absolute Gasteiger partial charge is 0.180 e. The van der Waals surface area contributed by atoms with E-state index in [1.165, 1.54) is 0 Å². The van der Waals surface area contributed by atoms with Crippen molar-refractivity contribution in [2.75, 3.05) is 36.2 Å². The summed E-state index contributed by atoms with van der Waals surface area (Å²) in [4.78, 5) is 8.94. The van der Waals surface area contributed by atoms with Crippen LogP contribution < -0.4 is 28.7 Å². The van der Waals surface area contributed by atoms with Crippen LogP contribution in [0.5, 0.6) is 23.0 Å².